The molecule has 0 fully saturated rings. The average molecular weight is 417 g/mol. The largest absolute Gasteiger partial charge is 0.497 e. The van der Waals surface area contributed by atoms with Crippen LogP contribution in [0.2, 0.25) is 0 Å². The van der Waals surface area contributed by atoms with E-state index in [1.165, 1.54) is 11.1 Å². The summed E-state index contributed by atoms with van der Waals surface area (Å²) in [5, 5.41) is 10.8. The minimum atomic E-state index is 0. The zero-order valence-electron chi connectivity index (χ0n) is 12.1. The number of thiophene rings is 1. The molecule has 0 aliphatic heterocycles. The van der Waals surface area contributed by atoms with Gasteiger partial charge < -0.3 is 15.4 Å². The molecule has 21 heavy (non-hydrogen) atoms. The van der Waals surface area contributed by atoms with Crippen LogP contribution >= 0.6 is 35.3 Å². The van der Waals surface area contributed by atoms with E-state index in [0.717, 1.165) is 24.8 Å². The lowest BCUT2D eigenvalue weighted by molar-refractivity contribution is 0.414. The van der Waals surface area contributed by atoms with Crippen molar-refractivity contribution in [3.05, 3.63) is 52.2 Å². The Kier molecular flexibility index (Phi) is 8.14. The van der Waals surface area contributed by atoms with Gasteiger partial charge >= 0.3 is 0 Å². The molecule has 2 aromatic rings. The monoisotopic (exact) mass is 417 g/mol. The van der Waals surface area contributed by atoms with Crippen molar-refractivity contribution in [3.8, 4) is 5.75 Å². The molecule has 0 spiro atoms. The van der Waals surface area contributed by atoms with Gasteiger partial charge in [0.2, 0.25) is 0 Å². The Labute approximate surface area is 146 Å². The van der Waals surface area contributed by atoms with Crippen LogP contribution in [-0.2, 0) is 13.1 Å². The van der Waals surface area contributed by atoms with Crippen molar-refractivity contribution in [1.29, 1.82) is 0 Å². The molecule has 2 rings (SSSR count). The number of hydrogen-bond acceptors (Lipinski definition) is 3. The Morgan fingerprint density at radius 1 is 1.10 bits per heavy atom. The predicted molar refractivity (Wildman–Crippen MR) is 99.8 cm³/mol. The minimum Gasteiger partial charge on any atom is -0.497 e. The van der Waals surface area contributed by atoms with Gasteiger partial charge in [0.15, 0.2) is 5.96 Å². The molecular weight excluding hydrogens is 397 g/mol. The summed E-state index contributed by atoms with van der Waals surface area (Å²) in [5.74, 6) is 1.67. The van der Waals surface area contributed by atoms with Gasteiger partial charge in [-0.15, -0.1) is 24.0 Å². The third kappa shape index (κ3) is 5.92. The van der Waals surface area contributed by atoms with E-state index in [9.17, 15) is 0 Å². The van der Waals surface area contributed by atoms with Gasteiger partial charge in [0.1, 0.15) is 5.75 Å². The van der Waals surface area contributed by atoms with Crippen LogP contribution in [0.25, 0.3) is 0 Å². The van der Waals surface area contributed by atoms with Crippen molar-refractivity contribution in [2.45, 2.75) is 13.1 Å². The van der Waals surface area contributed by atoms with Gasteiger partial charge in [0, 0.05) is 20.1 Å². The molecule has 0 atom stereocenters. The fourth-order valence-corrected chi connectivity index (χ4v) is 2.40. The number of nitrogens with zero attached hydrogens (tertiary/aromatic N) is 1. The third-order valence-electron chi connectivity index (χ3n) is 2.88. The standard InChI is InChI=1S/C15H19N3OS.HI/c1-16-15(18-10-13-7-8-20-11-13)17-9-12-3-5-14(19-2)6-4-12;/h3-8,11H,9-10H2,1-2H3,(H2,16,17,18);1H. The Hall–Kier alpha value is -1.28. The highest BCUT2D eigenvalue weighted by Crippen LogP contribution is 2.10. The SMILES string of the molecule is CN=C(NCc1ccc(OC)cc1)NCc1ccsc1.I. The van der Waals surface area contributed by atoms with Gasteiger partial charge in [0.25, 0.3) is 0 Å². The van der Waals surface area contributed by atoms with Crippen LogP contribution in [0.1, 0.15) is 11.1 Å². The molecule has 4 nitrogen and oxygen atoms in total. The quantitative estimate of drug-likeness (QED) is 0.446. The van der Waals surface area contributed by atoms with Gasteiger partial charge in [-0.1, -0.05) is 12.1 Å². The molecule has 114 valence electrons. The second kappa shape index (κ2) is 9.62. The first-order chi connectivity index (χ1) is 9.81. The van der Waals surface area contributed by atoms with E-state index in [2.05, 4.69) is 32.5 Å². The van der Waals surface area contributed by atoms with E-state index >= 15 is 0 Å². The summed E-state index contributed by atoms with van der Waals surface area (Å²) in [6.07, 6.45) is 0. The molecule has 0 aliphatic carbocycles. The molecule has 0 saturated heterocycles. The van der Waals surface area contributed by atoms with Crippen molar-refractivity contribution in [3.63, 3.8) is 0 Å². The molecule has 1 heterocycles. The topological polar surface area (TPSA) is 45.7 Å². The smallest absolute Gasteiger partial charge is 0.191 e. The fraction of sp³-hybridized carbons (Fsp3) is 0.267. The van der Waals surface area contributed by atoms with E-state index in [1.807, 2.05) is 24.3 Å². The van der Waals surface area contributed by atoms with E-state index < -0.39 is 0 Å². The van der Waals surface area contributed by atoms with E-state index in [4.69, 9.17) is 4.74 Å². The lowest BCUT2D eigenvalue weighted by Crippen LogP contribution is -2.36. The molecule has 1 aromatic carbocycles. The number of hydrogen-bond donors (Lipinski definition) is 2. The molecule has 0 aliphatic rings. The maximum absolute atomic E-state index is 5.14. The second-order valence-corrected chi connectivity index (χ2v) is 5.04. The fourth-order valence-electron chi connectivity index (χ4n) is 1.73. The van der Waals surface area contributed by atoms with Gasteiger partial charge in [-0.25, -0.2) is 0 Å². The van der Waals surface area contributed by atoms with Gasteiger partial charge in [0.05, 0.1) is 7.11 Å². The number of benzene rings is 1. The Balaban J connectivity index is 0.00000220. The average Bonchev–Trinajstić information content (AvgIpc) is 3.01. The van der Waals surface area contributed by atoms with Gasteiger partial charge in [-0.05, 0) is 40.1 Å². The number of guanidine groups is 1. The maximum atomic E-state index is 5.14. The number of ether oxygens (including phenoxy) is 1. The van der Waals surface area contributed by atoms with Crippen LogP contribution in [-0.4, -0.2) is 20.1 Å². The number of nitrogens with one attached hydrogen (secondary N) is 2. The summed E-state index contributed by atoms with van der Waals surface area (Å²) in [7, 11) is 3.44. The van der Waals surface area contributed by atoms with E-state index in [0.29, 0.717) is 0 Å². The number of methoxy groups -OCH3 is 1. The lowest BCUT2D eigenvalue weighted by Gasteiger charge is -2.11. The second-order valence-electron chi connectivity index (χ2n) is 4.26. The summed E-state index contributed by atoms with van der Waals surface area (Å²) in [6, 6.07) is 10.1. The molecule has 0 amide bonds. The number of halogens is 1. The van der Waals surface area contributed by atoms with Crippen LogP contribution < -0.4 is 15.4 Å². The summed E-state index contributed by atoms with van der Waals surface area (Å²) >= 11 is 1.70. The molecule has 0 bridgehead atoms. The van der Waals surface area contributed by atoms with Crippen LogP contribution in [0.3, 0.4) is 0 Å². The zero-order valence-corrected chi connectivity index (χ0v) is 15.3. The van der Waals surface area contributed by atoms with Crippen molar-refractivity contribution in [2.24, 2.45) is 4.99 Å². The molecule has 2 N–H and O–H groups in total. The molecule has 1 aromatic heterocycles. The molecule has 0 radical (unpaired) electrons. The van der Waals surface area contributed by atoms with E-state index in [1.54, 1.807) is 25.5 Å². The molecule has 0 unspecified atom stereocenters. The third-order valence-corrected chi connectivity index (χ3v) is 3.61. The molecule has 0 saturated carbocycles. The van der Waals surface area contributed by atoms with Crippen LogP contribution in [0.15, 0.2) is 46.1 Å². The Morgan fingerprint density at radius 2 is 1.76 bits per heavy atom. The first-order valence-corrected chi connectivity index (χ1v) is 7.34. The Bertz CT molecular complexity index is 541. The van der Waals surface area contributed by atoms with Crippen molar-refractivity contribution in [2.75, 3.05) is 14.2 Å². The van der Waals surface area contributed by atoms with Crippen molar-refractivity contribution in [1.82, 2.24) is 10.6 Å². The highest BCUT2D eigenvalue weighted by atomic mass is 127. The van der Waals surface area contributed by atoms with E-state index in [-0.39, 0.29) is 24.0 Å². The zero-order chi connectivity index (χ0) is 14.2. The van der Waals surface area contributed by atoms with Gasteiger partial charge in [-0.3, -0.25) is 4.99 Å². The van der Waals surface area contributed by atoms with Crippen molar-refractivity contribution < 1.29 is 4.74 Å². The van der Waals surface area contributed by atoms with Gasteiger partial charge in [-0.2, -0.15) is 11.3 Å². The first-order valence-electron chi connectivity index (χ1n) is 6.40. The van der Waals surface area contributed by atoms with Crippen molar-refractivity contribution >= 4 is 41.3 Å². The number of aliphatic imine (C=N–C) groups is 1. The maximum Gasteiger partial charge on any atom is 0.191 e. The van der Waals surface area contributed by atoms with Crippen LogP contribution in [0.5, 0.6) is 5.75 Å². The normalized spacial score (nSPS) is 10.7. The first kappa shape index (κ1) is 17.8. The summed E-state index contributed by atoms with van der Waals surface area (Å²) in [4.78, 5) is 4.21. The Morgan fingerprint density at radius 3 is 2.29 bits per heavy atom. The lowest BCUT2D eigenvalue weighted by atomic mass is 10.2. The highest BCUT2D eigenvalue weighted by Gasteiger charge is 1.99. The van der Waals surface area contributed by atoms with Crippen LogP contribution in [0, 0.1) is 0 Å². The molecular formula is C15H20IN3OS. The highest BCUT2D eigenvalue weighted by molar-refractivity contribution is 14.0. The summed E-state index contributed by atoms with van der Waals surface area (Å²) < 4.78 is 5.14. The summed E-state index contributed by atoms with van der Waals surface area (Å²) in [6.45, 7) is 1.51. The minimum absolute atomic E-state index is 0. The van der Waals surface area contributed by atoms with Crippen LogP contribution in [0.4, 0.5) is 0 Å². The predicted octanol–water partition coefficient (Wildman–Crippen LogP) is 3.24. The summed E-state index contributed by atoms with van der Waals surface area (Å²) in [5.41, 5.74) is 2.45. The number of rotatable bonds is 5. The molecule has 6 heteroatoms.